The van der Waals surface area contributed by atoms with E-state index in [9.17, 15) is 27.9 Å². The molecule has 1 saturated carbocycles. The number of aryl methyl sites for hydroxylation is 2. The van der Waals surface area contributed by atoms with E-state index in [4.69, 9.17) is 9.72 Å². The molecule has 3 N–H and O–H groups in total. The first-order valence-electron chi connectivity index (χ1n) is 14.4. The summed E-state index contributed by atoms with van der Waals surface area (Å²) in [5, 5.41) is 15.7. The van der Waals surface area contributed by atoms with E-state index >= 15 is 0 Å². The minimum atomic E-state index is -2.89. The number of methoxy groups -OCH3 is 1. The zero-order chi connectivity index (χ0) is 30.1. The van der Waals surface area contributed by atoms with Crippen LogP contribution in [0.25, 0.3) is 0 Å². The molecule has 13 heteroatoms. The Labute approximate surface area is 243 Å². The summed E-state index contributed by atoms with van der Waals surface area (Å²) in [6.45, 7) is 1.34. The van der Waals surface area contributed by atoms with E-state index in [0.717, 1.165) is 56.5 Å². The predicted molar refractivity (Wildman–Crippen MR) is 149 cm³/mol. The van der Waals surface area contributed by atoms with Gasteiger partial charge in [0, 0.05) is 44.2 Å². The number of carbonyl (C=O) groups is 2. The molecule has 0 bridgehead atoms. The molecule has 0 aromatic carbocycles. The van der Waals surface area contributed by atoms with Gasteiger partial charge in [0.05, 0.1) is 11.5 Å². The molecule has 2 aromatic rings. The highest BCUT2D eigenvalue weighted by atomic mass is 19.3. The Morgan fingerprint density at radius 2 is 2.05 bits per heavy atom. The Balaban J connectivity index is 1.34. The summed E-state index contributed by atoms with van der Waals surface area (Å²) in [5.74, 6) is -0.923. The Bertz CT molecular complexity index is 1210. The van der Waals surface area contributed by atoms with Crippen molar-refractivity contribution < 1.29 is 32.6 Å². The molecule has 2 unspecified atom stereocenters. The summed E-state index contributed by atoms with van der Waals surface area (Å²) in [7, 11) is 1.43. The third-order valence-corrected chi connectivity index (χ3v) is 8.06. The fraction of sp³-hybridized carbons (Fsp3) is 0.621. The van der Waals surface area contributed by atoms with Crippen LogP contribution >= 0.6 is 0 Å². The lowest BCUT2D eigenvalue weighted by molar-refractivity contribution is -0.142. The molecule has 1 amide bonds. The van der Waals surface area contributed by atoms with Crippen molar-refractivity contribution in [2.45, 2.75) is 75.4 Å². The smallest absolute Gasteiger partial charge is 0.326 e. The van der Waals surface area contributed by atoms with Crippen LogP contribution in [0.3, 0.4) is 0 Å². The number of fused-ring (bicyclic) bond motifs is 1. The van der Waals surface area contributed by atoms with E-state index in [-0.39, 0.29) is 25.1 Å². The number of pyridine rings is 1. The SMILES string of the molecule is COC(CF)CN(CCCCc1ccc2c(n1)NCCC2)CCC(NC(=O)C1(c2cncnc2C(F)F)CC1)C(=O)O. The van der Waals surface area contributed by atoms with Gasteiger partial charge in [-0.3, -0.25) is 4.79 Å². The number of unbranched alkanes of at least 4 members (excludes halogenated alkanes) is 1. The van der Waals surface area contributed by atoms with Crippen molar-refractivity contribution in [1.29, 1.82) is 0 Å². The Morgan fingerprint density at radius 1 is 1.24 bits per heavy atom. The number of nitrogens with zero attached hydrogens (tertiary/aromatic N) is 4. The molecular formula is C29H39F3N6O4. The van der Waals surface area contributed by atoms with E-state index in [1.807, 2.05) is 11.0 Å². The van der Waals surface area contributed by atoms with Crippen LogP contribution in [-0.4, -0.2) is 88.9 Å². The average molecular weight is 593 g/mol. The van der Waals surface area contributed by atoms with Crippen LogP contribution in [0, 0.1) is 0 Å². The van der Waals surface area contributed by atoms with Crippen LogP contribution in [0.5, 0.6) is 0 Å². The van der Waals surface area contributed by atoms with Gasteiger partial charge in [-0.2, -0.15) is 0 Å². The van der Waals surface area contributed by atoms with Crippen molar-refractivity contribution in [1.82, 2.24) is 25.2 Å². The summed E-state index contributed by atoms with van der Waals surface area (Å²) < 4.78 is 45.8. The van der Waals surface area contributed by atoms with Crippen LogP contribution in [0.1, 0.15) is 67.5 Å². The highest BCUT2D eigenvalue weighted by Gasteiger charge is 2.54. The monoisotopic (exact) mass is 592 g/mol. The summed E-state index contributed by atoms with van der Waals surface area (Å²) in [4.78, 5) is 39.4. The highest BCUT2D eigenvalue weighted by Crippen LogP contribution is 2.50. The van der Waals surface area contributed by atoms with Crippen molar-refractivity contribution in [2.75, 3.05) is 45.3 Å². The lowest BCUT2D eigenvalue weighted by Gasteiger charge is -2.27. The Kier molecular flexibility index (Phi) is 11.1. The van der Waals surface area contributed by atoms with Crippen LogP contribution in [0.2, 0.25) is 0 Å². The second-order valence-electron chi connectivity index (χ2n) is 11.0. The fourth-order valence-corrected chi connectivity index (χ4v) is 5.41. The lowest BCUT2D eigenvalue weighted by atomic mass is 9.94. The van der Waals surface area contributed by atoms with Crippen molar-refractivity contribution in [3.8, 4) is 0 Å². The maximum Gasteiger partial charge on any atom is 0.326 e. The molecule has 2 aliphatic rings. The van der Waals surface area contributed by atoms with Gasteiger partial charge in [0.2, 0.25) is 5.91 Å². The first-order valence-corrected chi connectivity index (χ1v) is 14.4. The number of anilines is 1. The number of ether oxygens (including phenoxy) is 1. The summed E-state index contributed by atoms with van der Waals surface area (Å²) in [6, 6.07) is 2.91. The molecule has 2 aromatic heterocycles. The molecular weight excluding hydrogens is 553 g/mol. The average Bonchev–Trinajstić information content (AvgIpc) is 3.81. The Hall–Kier alpha value is -3.32. The predicted octanol–water partition coefficient (Wildman–Crippen LogP) is 3.47. The quantitative estimate of drug-likeness (QED) is 0.237. The molecule has 4 rings (SSSR count). The van der Waals surface area contributed by atoms with E-state index in [2.05, 4.69) is 26.7 Å². The van der Waals surface area contributed by atoms with Crippen LogP contribution in [0.15, 0.2) is 24.7 Å². The van der Waals surface area contributed by atoms with Gasteiger partial charge in [0.25, 0.3) is 6.43 Å². The van der Waals surface area contributed by atoms with Gasteiger partial charge >= 0.3 is 5.97 Å². The van der Waals surface area contributed by atoms with E-state index in [1.165, 1.54) is 18.9 Å². The molecule has 0 radical (unpaired) electrons. The molecule has 1 aliphatic carbocycles. The number of carbonyl (C=O) groups excluding carboxylic acids is 1. The second-order valence-corrected chi connectivity index (χ2v) is 11.0. The van der Waals surface area contributed by atoms with Crippen molar-refractivity contribution in [3.05, 3.63) is 47.2 Å². The number of aromatic nitrogens is 3. The van der Waals surface area contributed by atoms with Crippen LogP contribution in [0.4, 0.5) is 19.0 Å². The van der Waals surface area contributed by atoms with Crippen LogP contribution in [-0.2, 0) is 32.6 Å². The van der Waals surface area contributed by atoms with Gasteiger partial charge in [-0.25, -0.2) is 32.9 Å². The third-order valence-electron chi connectivity index (χ3n) is 8.06. The molecule has 10 nitrogen and oxygen atoms in total. The van der Waals surface area contributed by atoms with Gasteiger partial charge in [-0.1, -0.05) is 6.07 Å². The largest absolute Gasteiger partial charge is 0.480 e. The van der Waals surface area contributed by atoms with Gasteiger partial charge < -0.3 is 25.4 Å². The van der Waals surface area contributed by atoms with Crippen LogP contribution < -0.4 is 10.6 Å². The lowest BCUT2D eigenvalue weighted by Crippen LogP contribution is -2.48. The molecule has 1 aliphatic heterocycles. The standard InChI is InChI=1S/C29H39F3N6O4/c1-42-21(15-30)17-38(13-3-2-6-20-8-7-19-5-4-12-34-26(19)36-20)14-9-23(27(39)40)37-28(41)29(10-11-29)22-16-33-18-35-24(22)25(31)32/h7-8,16,18,21,23,25H,2-6,9-15,17H2,1H3,(H,34,36)(H,37,41)(H,39,40). The minimum Gasteiger partial charge on any atom is -0.480 e. The number of aliphatic carboxylic acids is 1. The molecule has 0 spiro atoms. The number of carboxylic acids is 1. The number of rotatable bonds is 17. The first-order chi connectivity index (χ1) is 20.3. The summed E-state index contributed by atoms with van der Waals surface area (Å²) in [6.07, 6.45) is 3.79. The maximum absolute atomic E-state index is 13.5. The molecule has 0 saturated heterocycles. The van der Waals surface area contributed by atoms with E-state index in [0.29, 0.717) is 19.4 Å². The zero-order valence-corrected chi connectivity index (χ0v) is 23.8. The van der Waals surface area contributed by atoms with Gasteiger partial charge in [0.1, 0.15) is 30.6 Å². The van der Waals surface area contributed by atoms with Crippen molar-refractivity contribution in [2.24, 2.45) is 0 Å². The van der Waals surface area contributed by atoms with Gasteiger partial charge in [-0.05, 0) is 69.5 Å². The van der Waals surface area contributed by atoms with Gasteiger partial charge in [-0.15, -0.1) is 0 Å². The number of nitrogens with one attached hydrogen (secondary N) is 2. The molecule has 230 valence electrons. The summed E-state index contributed by atoms with van der Waals surface area (Å²) in [5.41, 5.74) is 0.463. The molecule has 1 fully saturated rings. The van der Waals surface area contributed by atoms with E-state index < -0.39 is 48.2 Å². The van der Waals surface area contributed by atoms with E-state index in [1.54, 1.807) is 0 Å². The zero-order valence-electron chi connectivity index (χ0n) is 23.8. The van der Waals surface area contributed by atoms with Crippen molar-refractivity contribution in [3.63, 3.8) is 0 Å². The number of hydrogen-bond acceptors (Lipinski definition) is 8. The normalized spacial score (nSPS) is 16.9. The third kappa shape index (κ3) is 7.94. The molecule has 42 heavy (non-hydrogen) atoms. The van der Waals surface area contributed by atoms with Crippen molar-refractivity contribution >= 4 is 17.7 Å². The highest BCUT2D eigenvalue weighted by molar-refractivity contribution is 5.94. The second kappa shape index (κ2) is 14.7. The Morgan fingerprint density at radius 3 is 2.74 bits per heavy atom. The number of halogens is 3. The molecule has 2 atom stereocenters. The number of carboxylic acid groups (broad SMARTS) is 1. The summed E-state index contributed by atoms with van der Waals surface area (Å²) >= 11 is 0. The maximum atomic E-state index is 13.5. The number of amides is 1. The molecule has 3 heterocycles. The minimum absolute atomic E-state index is 0.0262. The first kappa shape index (κ1) is 31.6. The number of alkyl halides is 3. The fourth-order valence-electron chi connectivity index (χ4n) is 5.41. The number of hydrogen-bond donors (Lipinski definition) is 3. The van der Waals surface area contributed by atoms with Gasteiger partial charge in [0.15, 0.2) is 0 Å². The topological polar surface area (TPSA) is 130 Å².